The summed E-state index contributed by atoms with van der Waals surface area (Å²) in [5.74, 6) is -0.128. The molecular weight excluding hydrogens is 445 g/mol. The second kappa shape index (κ2) is 8.50. The first kappa shape index (κ1) is 22.2. The number of carbonyl (C=O) groups excluding carboxylic acids is 1. The molecule has 0 radical (unpaired) electrons. The summed E-state index contributed by atoms with van der Waals surface area (Å²) in [6.07, 6.45) is -3.51. The first-order chi connectivity index (χ1) is 15.7. The predicted molar refractivity (Wildman–Crippen MR) is 107 cm³/mol. The third kappa shape index (κ3) is 4.35. The molecule has 0 aliphatic rings. The lowest BCUT2D eigenvalue weighted by atomic mass is 10.1. The molecular formula is C20H17F3N6O4. The molecule has 1 aromatic carbocycles. The summed E-state index contributed by atoms with van der Waals surface area (Å²) in [6, 6.07) is 4.38. The minimum absolute atomic E-state index is 0.0128. The van der Waals surface area contributed by atoms with Crippen LogP contribution in [0, 0.1) is 0 Å². The highest BCUT2D eigenvalue weighted by molar-refractivity contribution is 5.98. The molecule has 0 bridgehead atoms. The smallest absolute Gasteiger partial charge is 0.433 e. The third-order valence-corrected chi connectivity index (χ3v) is 4.66. The summed E-state index contributed by atoms with van der Waals surface area (Å²) < 4.78 is 55.1. The van der Waals surface area contributed by atoms with E-state index in [4.69, 9.17) is 14.9 Å². The van der Waals surface area contributed by atoms with Gasteiger partial charge in [0.15, 0.2) is 17.3 Å². The van der Waals surface area contributed by atoms with Gasteiger partial charge in [0.2, 0.25) is 12.3 Å². The minimum Gasteiger partial charge on any atom is -0.494 e. The minimum atomic E-state index is -4.63. The summed E-state index contributed by atoms with van der Waals surface area (Å²) in [6.45, 7) is 1.58. The van der Waals surface area contributed by atoms with Crippen molar-refractivity contribution < 1.29 is 31.6 Å². The van der Waals surface area contributed by atoms with E-state index in [0.717, 1.165) is 12.5 Å². The number of fused-ring (bicyclic) bond motifs is 1. The number of amides is 1. The molecule has 4 aromatic rings. The maximum atomic E-state index is 13.2. The second-order valence-corrected chi connectivity index (χ2v) is 6.96. The van der Waals surface area contributed by atoms with E-state index in [0.29, 0.717) is 10.9 Å². The Morgan fingerprint density at radius 2 is 2.03 bits per heavy atom. The fourth-order valence-electron chi connectivity index (χ4n) is 3.13. The molecule has 10 nitrogen and oxygen atoms in total. The Bertz CT molecular complexity index is 1300. The Morgan fingerprint density at radius 3 is 2.67 bits per heavy atom. The van der Waals surface area contributed by atoms with Crippen LogP contribution in [0.3, 0.4) is 0 Å². The summed E-state index contributed by atoms with van der Waals surface area (Å²) in [7, 11) is 1.32. The largest absolute Gasteiger partial charge is 0.494 e. The highest BCUT2D eigenvalue weighted by atomic mass is 19.4. The molecule has 0 aliphatic carbocycles. The van der Waals surface area contributed by atoms with Gasteiger partial charge in [0.1, 0.15) is 17.0 Å². The standard InChI is InChI=1S/C20H17F3N6O4/c1-9(24)17-16(18(30)25-7-14-26-8-32-29-14)28-19(33-17)11-3-5-12(31-2)15-10(11)4-6-13(27-15)20(21,22)23/h3-6,8-9H,7,24H2,1-2H3,(H,25,30)/t9-/m0/s1. The van der Waals surface area contributed by atoms with Crippen LogP contribution in [0.1, 0.15) is 40.7 Å². The molecule has 13 heteroatoms. The van der Waals surface area contributed by atoms with E-state index in [1.165, 1.54) is 19.2 Å². The molecule has 0 fully saturated rings. The summed E-state index contributed by atoms with van der Waals surface area (Å²) in [4.78, 5) is 24.5. The van der Waals surface area contributed by atoms with Crippen molar-refractivity contribution in [3.05, 3.63) is 53.6 Å². The number of carbonyl (C=O) groups is 1. The molecule has 3 heterocycles. The number of oxazole rings is 1. The Hall–Kier alpha value is -4.00. The molecule has 1 amide bonds. The molecule has 0 aliphatic heterocycles. The van der Waals surface area contributed by atoms with E-state index in [1.54, 1.807) is 13.0 Å². The number of aromatic nitrogens is 4. The SMILES string of the molecule is COc1ccc(-c2nc(C(=O)NCc3ncon3)c([C@H](C)N)o2)c2ccc(C(F)(F)F)nc12. The molecule has 3 aromatic heterocycles. The number of halogens is 3. The Labute approximate surface area is 183 Å². The first-order valence-electron chi connectivity index (χ1n) is 9.54. The summed E-state index contributed by atoms with van der Waals surface area (Å²) in [5.41, 5.74) is 5.08. The Kier molecular flexibility index (Phi) is 5.72. The van der Waals surface area contributed by atoms with E-state index in [2.05, 4.69) is 29.9 Å². The average Bonchev–Trinajstić information content (AvgIpc) is 3.46. The lowest BCUT2D eigenvalue weighted by molar-refractivity contribution is -0.140. The van der Waals surface area contributed by atoms with Crippen LogP contribution in [0.25, 0.3) is 22.4 Å². The zero-order chi connectivity index (χ0) is 23.8. The van der Waals surface area contributed by atoms with Gasteiger partial charge >= 0.3 is 6.18 Å². The number of hydrogen-bond donors (Lipinski definition) is 2. The van der Waals surface area contributed by atoms with Gasteiger partial charge in [-0.3, -0.25) is 4.79 Å². The average molecular weight is 462 g/mol. The van der Waals surface area contributed by atoms with Crippen LogP contribution in [0.15, 0.2) is 39.6 Å². The van der Waals surface area contributed by atoms with Crippen molar-refractivity contribution in [1.29, 1.82) is 0 Å². The number of methoxy groups -OCH3 is 1. The van der Waals surface area contributed by atoms with Gasteiger partial charge in [0, 0.05) is 10.9 Å². The van der Waals surface area contributed by atoms with Gasteiger partial charge in [0.25, 0.3) is 5.91 Å². The van der Waals surface area contributed by atoms with E-state index >= 15 is 0 Å². The number of rotatable bonds is 6. The molecule has 4 rings (SSSR count). The van der Waals surface area contributed by atoms with Gasteiger partial charge in [-0.2, -0.15) is 18.2 Å². The fourth-order valence-corrected chi connectivity index (χ4v) is 3.13. The molecule has 172 valence electrons. The molecule has 0 unspecified atom stereocenters. The van der Waals surface area contributed by atoms with E-state index in [1.807, 2.05) is 0 Å². The summed E-state index contributed by atoms with van der Waals surface area (Å²) in [5, 5.41) is 6.47. The van der Waals surface area contributed by atoms with Crippen molar-refractivity contribution in [1.82, 2.24) is 25.4 Å². The topological polar surface area (TPSA) is 142 Å². The lowest BCUT2D eigenvalue weighted by Crippen LogP contribution is -2.25. The zero-order valence-electron chi connectivity index (χ0n) is 17.3. The van der Waals surface area contributed by atoms with Crippen LogP contribution in [-0.4, -0.2) is 33.1 Å². The summed E-state index contributed by atoms with van der Waals surface area (Å²) >= 11 is 0. The van der Waals surface area contributed by atoms with Crippen LogP contribution in [-0.2, 0) is 12.7 Å². The highest BCUT2D eigenvalue weighted by Gasteiger charge is 2.33. The van der Waals surface area contributed by atoms with E-state index in [-0.39, 0.29) is 41.0 Å². The number of nitrogens with two attached hydrogens (primary N) is 1. The zero-order valence-corrected chi connectivity index (χ0v) is 17.3. The normalized spacial score (nSPS) is 12.7. The molecule has 0 spiro atoms. The van der Waals surface area contributed by atoms with Gasteiger partial charge in [-0.1, -0.05) is 5.16 Å². The number of ether oxygens (including phenoxy) is 1. The maximum absolute atomic E-state index is 13.2. The number of benzene rings is 1. The van der Waals surface area contributed by atoms with Gasteiger partial charge in [-0.05, 0) is 31.2 Å². The fraction of sp³-hybridized carbons (Fsp3) is 0.250. The number of nitrogens with zero attached hydrogens (tertiary/aromatic N) is 4. The number of alkyl halides is 3. The molecule has 0 saturated heterocycles. The number of nitrogens with one attached hydrogen (secondary N) is 1. The predicted octanol–water partition coefficient (Wildman–Crippen LogP) is 3.25. The van der Waals surface area contributed by atoms with E-state index in [9.17, 15) is 18.0 Å². The highest BCUT2D eigenvalue weighted by Crippen LogP contribution is 2.37. The van der Waals surface area contributed by atoms with Gasteiger partial charge in [-0.25, -0.2) is 9.97 Å². The van der Waals surface area contributed by atoms with Crippen LogP contribution < -0.4 is 15.8 Å². The number of pyridine rings is 1. The van der Waals surface area contributed by atoms with Gasteiger partial charge in [-0.15, -0.1) is 0 Å². The van der Waals surface area contributed by atoms with Crippen LogP contribution in [0.4, 0.5) is 13.2 Å². The number of hydrogen-bond acceptors (Lipinski definition) is 9. The van der Waals surface area contributed by atoms with Gasteiger partial charge < -0.3 is 24.7 Å². The van der Waals surface area contributed by atoms with Crippen LogP contribution >= 0.6 is 0 Å². The van der Waals surface area contributed by atoms with Crippen LogP contribution in [0.5, 0.6) is 5.75 Å². The van der Waals surface area contributed by atoms with Crippen molar-refractivity contribution in [2.45, 2.75) is 25.7 Å². The first-order valence-corrected chi connectivity index (χ1v) is 9.54. The molecule has 3 N–H and O–H groups in total. The third-order valence-electron chi connectivity index (χ3n) is 4.66. The van der Waals surface area contributed by atoms with Gasteiger partial charge in [0.05, 0.1) is 19.7 Å². The Balaban J connectivity index is 1.78. The molecule has 0 saturated carbocycles. The molecule has 33 heavy (non-hydrogen) atoms. The van der Waals surface area contributed by atoms with Crippen molar-refractivity contribution in [2.24, 2.45) is 5.73 Å². The van der Waals surface area contributed by atoms with Crippen LogP contribution in [0.2, 0.25) is 0 Å². The lowest BCUT2D eigenvalue weighted by Gasteiger charge is -2.11. The Morgan fingerprint density at radius 1 is 1.24 bits per heavy atom. The van der Waals surface area contributed by atoms with Crippen molar-refractivity contribution in [3.63, 3.8) is 0 Å². The quantitative estimate of drug-likeness (QED) is 0.441. The molecule has 1 atom stereocenters. The van der Waals surface area contributed by atoms with E-state index < -0.39 is 23.8 Å². The maximum Gasteiger partial charge on any atom is 0.433 e. The monoisotopic (exact) mass is 462 g/mol. The van der Waals surface area contributed by atoms with Crippen molar-refractivity contribution in [2.75, 3.05) is 7.11 Å². The van der Waals surface area contributed by atoms with Crippen molar-refractivity contribution >= 4 is 16.8 Å². The second-order valence-electron chi connectivity index (χ2n) is 6.96. The van der Waals surface area contributed by atoms with Crippen molar-refractivity contribution in [3.8, 4) is 17.2 Å².